The zero-order valence-electron chi connectivity index (χ0n) is 12.2. The van der Waals surface area contributed by atoms with Crippen LogP contribution >= 0.6 is 0 Å². The van der Waals surface area contributed by atoms with Crippen molar-refractivity contribution in [2.24, 2.45) is 0 Å². The molecule has 0 saturated heterocycles. The van der Waals surface area contributed by atoms with Crippen molar-refractivity contribution < 1.29 is 19.1 Å². The molecule has 1 N–H and O–H groups in total. The first-order valence-electron chi connectivity index (χ1n) is 7.18. The first-order valence-corrected chi connectivity index (χ1v) is 7.18. The van der Waals surface area contributed by atoms with Crippen LogP contribution in [-0.4, -0.2) is 38.6 Å². The van der Waals surface area contributed by atoms with E-state index in [1.165, 1.54) is 0 Å². The summed E-state index contributed by atoms with van der Waals surface area (Å²) < 4.78 is 10.6. The number of hydrogen-bond donors (Lipinski definition) is 1. The molecule has 1 atom stereocenters. The molecule has 0 aliphatic carbocycles. The Morgan fingerprint density at radius 3 is 2.73 bits per heavy atom. The van der Waals surface area contributed by atoms with E-state index in [1.807, 2.05) is 42.5 Å². The summed E-state index contributed by atoms with van der Waals surface area (Å²) in [4.78, 5) is 20.7. The van der Waals surface area contributed by atoms with Gasteiger partial charge in [0, 0.05) is 17.8 Å². The second-order valence-electron chi connectivity index (χ2n) is 4.82. The van der Waals surface area contributed by atoms with E-state index >= 15 is 0 Å². The van der Waals surface area contributed by atoms with Crippen molar-refractivity contribution in [2.75, 3.05) is 19.8 Å². The summed E-state index contributed by atoms with van der Waals surface area (Å²) in [6.07, 6.45) is 1.41. The van der Waals surface area contributed by atoms with Crippen molar-refractivity contribution in [1.29, 1.82) is 0 Å². The first kappa shape index (κ1) is 16.0. The number of aldehydes is 1. The smallest absolute Gasteiger partial charge is 0.293 e. The third kappa shape index (κ3) is 4.56. The minimum absolute atomic E-state index is 0.106. The highest BCUT2D eigenvalue weighted by Gasteiger charge is 2.09. The Bertz CT molecular complexity index is 597. The molecule has 0 radical (unpaired) electrons. The van der Waals surface area contributed by atoms with Crippen molar-refractivity contribution in [2.45, 2.75) is 12.5 Å². The lowest BCUT2D eigenvalue weighted by atomic mass is 10.1. The largest absolute Gasteiger partial charge is 0.493 e. The third-order valence-corrected chi connectivity index (χ3v) is 3.33. The van der Waals surface area contributed by atoms with Crippen LogP contribution in [0.1, 0.15) is 6.42 Å². The maximum Gasteiger partial charge on any atom is 0.293 e. The maximum absolute atomic E-state index is 10.4. The van der Waals surface area contributed by atoms with Crippen LogP contribution in [-0.2, 0) is 14.3 Å². The fourth-order valence-electron chi connectivity index (χ4n) is 2.25. The minimum Gasteiger partial charge on any atom is -0.493 e. The number of benzene rings is 2. The SMILES string of the molecule is O=CCNC(CCOc1cccc2ccccc12)COC=O. The zero-order valence-corrected chi connectivity index (χ0v) is 12.2. The third-order valence-electron chi connectivity index (χ3n) is 3.33. The molecule has 0 aliphatic heterocycles. The fraction of sp³-hybridized carbons (Fsp3) is 0.294. The van der Waals surface area contributed by atoms with Gasteiger partial charge >= 0.3 is 0 Å². The molecule has 5 nitrogen and oxygen atoms in total. The lowest BCUT2D eigenvalue weighted by molar-refractivity contribution is -0.129. The molecule has 1 unspecified atom stereocenters. The van der Waals surface area contributed by atoms with Crippen LogP contribution in [0.3, 0.4) is 0 Å². The number of rotatable bonds is 10. The van der Waals surface area contributed by atoms with Gasteiger partial charge in [-0.1, -0.05) is 36.4 Å². The van der Waals surface area contributed by atoms with Crippen LogP contribution in [0.15, 0.2) is 42.5 Å². The van der Waals surface area contributed by atoms with Gasteiger partial charge in [0.05, 0.1) is 13.2 Å². The Morgan fingerprint density at radius 1 is 1.09 bits per heavy atom. The average Bonchev–Trinajstić information content (AvgIpc) is 2.57. The maximum atomic E-state index is 10.4. The molecule has 116 valence electrons. The quantitative estimate of drug-likeness (QED) is 0.679. The first-order chi connectivity index (χ1) is 10.8. The predicted molar refractivity (Wildman–Crippen MR) is 83.9 cm³/mol. The number of hydrogen-bond acceptors (Lipinski definition) is 5. The average molecular weight is 301 g/mol. The topological polar surface area (TPSA) is 64.6 Å². The summed E-state index contributed by atoms with van der Waals surface area (Å²) in [7, 11) is 0. The number of fused-ring (bicyclic) bond motifs is 1. The minimum atomic E-state index is -0.106. The molecular weight excluding hydrogens is 282 g/mol. The summed E-state index contributed by atoms with van der Waals surface area (Å²) in [5.74, 6) is 0.823. The molecule has 0 aromatic heterocycles. The Morgan fingerprint density at radius 2 is 1.91 bits per heavy atom. The van der Waals surface area contributed by atoms with E-state index in [1.54, 1.807) is 0 Å². The van der Waals surface area contributed by atoms with Gasteiger partial charge in [-0.15, -0.1) is 0 Å². The molecule has 2 aromatic carbocycles. The van der Waals surface area contributed by atoms with Gasteiger partial charge in [-0.3, -0.25) is 4.79 Å². The van der Waals surface area contributed by atoms with Crippen molar-refractivity contribution >= 4 is 23.5 Å². The molecule has 0 fully saturated rings. The van der Waals surface area contributed by atoms with Crippen LogP contribution in [0, 0.1) is 0 Å². The second kappa shape index (κ2) is 8.79. The predicted octanol–water partition coefficient (Wildman–Crippen LogP) is 1.94. The van der Waals surface area contributed by atoms with Crippen molar-refractivity contribution in [3.63, 3.8) is 0 Å². The summed E-state index contributed by atoms with van der Waals surface area (Å²) >= 11 is 0. The number of nitrogens with one attached hydrogen (secondary N) is 1. The molecule has 2 rings (SSSR count). The monoisotopic (exact) mass is 301 g/mol. The molecule has 0 amide bonds. The molecule has 0 saturated carbocycles. The lowest BCUT2D eigenvalue weighted by Gasteiger charge is -2.17. The van der Waals surface area contributed by atoms with Crippen LogP contribution in [0.2, 0.25) is 0 Å². The molecule has 2 aromatic rings. The van der Waals surface area contributed by atoms with Crippen molar-refractivity contribution in [1.82, 2.24) is 5.32 Å². The molecule has 0 heterocycles. The molecule has 22 heavy (non-hydrogen) atoms. The van der Waals surface area contributed by atoms with Crippen LogP contribution in [0.5, 0.6) is 5.75 Å². The van der Waals surface area contributed by atoms with Gasteiger partial charge in [0.2, 0.25) is 0 Å². The summed E-state index contributed by atoms with van der Waals surface area (Å²) in [5, 5.41) is 5.18. The number of carbonyl (C=O) groups excluding carboxylic acids is 2. The highest BCUT2D eigenvalue weighted by atomic mass is 16.5. The van der Waals surface area contributed by atoms with Gasteiger partial charge in [0.25, 0.3) is 6.47 Å². The Kier molecular flexibility index (Phi) is 6.39. The Hall–Kier alpha value is -2.40. The van der Waals surface area contributed by atoms with Crippen molar-refractivity contribution in [3.05, 3.63) is 42.5 Å². The number of ether oxygens (including phenoxy) is 2. The van der Waals surface area contributed by atoms with Gasteiger partial charge in [-0.25, -0.2) is 0 Å². The summed E-state index contributed by atoms with van der Waals surface area (Å²) in [5.41, 5.74) is 0. The highest BCUT2D eigenvalue weighted by Crippen LogP contribution is 2.25. The molecule has 5 heteroatoms. The molecule has 0 spiro atoms. The Balaban J connectivity index is 1.92. The van der Waals surface area contributed by atoms with E-state index in [0.29, 0.717) is 19.5 Å². The van der Waals surface area contributed by atoms with Crippen LogP contribution in [0.25, 0.3) is 10.8 Å². The lowest BCUT2D eigenvalue weighted by Crippen LogP contribution is -2.36. The van der Waals surface area contributed by atoms with Gasteiger partial charge < -0.3 is 19.6 Å². The van der Waals surface area contributed by atoms with E-state index in [0.717, 1.165) is 22.8 Å². The van der Waals surface area contributed by atoms with E-state index in [-0.39, 0.29) is 19.2 Å². The number of carbonyl (C=O) groups is 2. The Labute approximate surface area is 129 Å². The molecular formula is C17H19NO4. The second-order valence-corrected chi connectivity index (χ2v) is 4.82. The summed E-state index contributed by atoms with van der Waals surface area (Å²) in [6.45, 7) is 1.31. The van der Waals surface area contributed by atoms with E-state index in [4.69, 9.17) is 9.47 Å². The fourth-order valence-corrected chi connectivity index (χ4v) is 2.25. The molecule has 0 aliphatic rings. The normalized spacial score (nSPS) is 11.8. The van der Waals surface area contributed by atoms with E-state index in [2.05, 4.69) is 5.32 Å². The van der Waals surface area contributed by atoms with Crippen LogP contribution < -0.4 is 10.1 Å². The summed E-state index contributed by atoms with van der Waals surface area (Å²) in [6, 6.07) is 13.8. The van der Waals surface area contributed by atoms with E-state index in [9.17, 15) is 9.59 Å². The van der Waals surface area contributed by atoms with Gasteiger partial charge in [-0.05, 0) is 11.5 Å². The van der Waals surface area contributed by atoms with E-state index < -0.39 is 0 Å². The van der Waals surface area contributed by atoms with Gasteiger partial charge in [-0.2, -0.15) is 0 Å². The van der Waals surface area contributed by atoms with Crippen LogP contribution in [0.4, 0.5) is 0 Å². The zero-order chi connectivity index (χ0) is 15.6. The highest BCUT2D eigenvalue weighted by molar-refractivity contribution is 5.88. The van der Waals surface area contributed by atoms with Gasteiger partial charge in [0.1, 0.15) is 18.6 Å². The standard InChI is InChI=1S/C17H19NO4/c19-10-9-18-15(12-21-13-20)8-11-22-17-7-3-5-14-4-1-2-6-16(14)17/h1-7,10,13,15,18H,8-9,11-12H2. The molecule has 0 bridgehead atoms. The van der Waals surface area contributed by atoms with Crippen molar-refractivity contribution in [3.8, 4) is 5.75 Å². The van der Waals surface area contributed by atoms with Gasteiger partial charge in [0.15, 0.2) is 0 Å².